The van der Waals surface area contributed by atoms with Crippen LogP contribution in [0.1, 0.15) is 23.2 Å². The SMILES string of the molecule is CCOC(=O)c1ccnc(/C=N/O)n1. The summed E-state index contributed by atoms with van der Waals surface area (Å²) in [5.74, 6) is -0.374. The third kappa shape index (κ3) is 2.51. The summed E-state index contributed by atoms with van der Waals surface area (Å²) in [4.78, 5) is 18.7. The van der Waals surface area contributed by atoms with Crippen LogP contribution in [0.5, 0.6) is 0 Å². The predicted molar refractivity (Wildman–Crippen MR) is 47.4 cm³/mol. The Hall–Kier alpha value is -1.98. The molecule has 0 spiro atoms. The second kappa shape index (κ2) is 4.90. The number of carbonyl (C=O) groups excluding carboxylic acids is 1. The van der Waals surface area contributed by atoms with E-state index in [0.717, 1.165) is 6.21 Å². The van der Waals surface area contributed by atoms with Crippen LogP contribution >= 0.6 is 0 Å². The summed E-state index contributed by atoms with van der Waals surface area (Å²) in [5, 5.41) is 11.0. The molecule has 0 aliphatic carbocycles. The summed E-state index contributed by atoms with van der Waals surface area (Å²) in [6, 6.07) is 1.42. The van der Waals surface area contributed by atoms with E-state index in [0.29, 0.717) is 0 Å². The number of hydrogen-bond acceptors (Lipinski definition) is 6. The fraction of sp³-hybridized carbons (Fsp3) is 0.250. The molecule has 0 aliphatic heterocycles. The molecule has 1 rings (SSSR count). The maximum atomic E-state index is 11.2. The molecule has 0 aromatic carbocycles. The molecule has 14 heavy (non-hydrogen) atoms. The molecule has 6 heteroatoms. The molecule has 0 saturated carbocycles. The number of ether oxygens (including phenoxy) is 1. The van der Waals surface area contributed by atoms with Crippen LogP contribution in [-0.2, 0) is 4.74 Å². The first-order chi connectivity index (χ1) is 6.77. The van der Waals surface area contributed by atoms with Gasteiger partial charge in [-0.15, -0.1) is 0 Å². The van der Waals surface area contributed by atoms with E-state index in [9.17, 15) is 4.79 Å². The number of hydrogen-bond donors (Lipinski definition) is 1. The van der Waals surface area contributed by atoms with Gasteiger partial charge in [-0.25, -0.2) is 14.8 Å². The van der Waals surface area contributed by atoms with E-state index in [-0.39, 0.29) is 18.1 Å². The highest BCUT2D eigenvalue weighted by molar-refractivity contribution is 5.88. The highest BCUT2D eigenvalue weighted by Crippen LogP contribution is 1.97. The van der Waals surface area contributed by atoms with E-state index < -0.39 is 5.97 Å². The average Bonchev–Trinajstić information content (AvgIpc) is 2.19. The molecule has 0 aliphatic rings. The number of nitrogens with zero attached hydrogens (tertiary/aromatic N) is 3. The zero-order chi connectivity index (χ0) is 10.4. The van der Waals surface area contributed by atoms with Crippen molar-refractivity contribution in [1.29, 1.82) is 0 Å². The lowest BCUT2D eigenvalue weighted by molar-refractivity contribution is 0.0519. The van der Waals surface area contributed by atoms with E-state index in [1.807, 2.05) is 0 Å². The topological polar surface area (TPSA) is 84.7 Å². The van der Waals surface area contributed by atoms with E-state index in [2.05, 4.69) is 15.1 Å². The molecule has 1 aromatic heterocycles. The molecule has 0 fully saturated rings. The highest BCUT2D eigenvalue weighted by Gasteiger charge is 2.08. The van der Waals surface area contributed by atoms with Gasteiger partial charge in [0.25, 0.3) is 0 Å². The lowest BCUT2D eigenvalue weighted by Gasteiger charge is -2.00. The predicted octanol–water partition coefficient (Wildman–Crippen LogP) is 0.461. The first-order valence-electron chi connectivity index (χ1n) is 3.95. The second-order valence-electron chi connectivity index (χ2n) is 2.27. The monoisotopic (exact) mass is 195 g/mol. The fourth-order valence-corrected chi connectivity index (χ4v) is 0.806. The van der Waals surface area contributed by atoms with E-state index in [4.69, 9.17) is 9.94 Å². The van der Waals surface area contributed by atoms with Gasteiger partial charge in [-0.2, -0.15) is 0 Å². The van der Waals surface area contributed by atoms with Crippen molar-refractivity contribution in [3.63, 3.8) is 0 Å². The minimum atomic E-state index is -0.525. The van der Waals surface area contributed by atoms with Gasteiger partial charge in [-0.3, -0.25) is 0 Å². The van der Waals surface area contributed by atoms with Gasteiger partial charge >= 0.3 is 5.97 Å². The molecule has 0 saturated heterocycles. The molecule has 0 bridgehead atoms. The van der Waals surface area contributed by atoms with Crippen molar-refractivity contribution in [2.24, 2.45) is 5.16 Å². The van der Waals surface area contributed by atoms with Gasteiger partial charge in [-0.1, -0.05) is 5.16 Å². The summed E-state index contributed by atoms with van der Waals surface area (Å²) in [6.07, 6.45) is 2.42. The minimum Gasteiger partial charge on any atom is -0.461 e. The Morgan fingerprint density at radius 1 is 1.79 bits per heavy atom. The van der Waals surface area contributed by atoms with Gasteiger partial charge in [0.15, 0.2) is 11.5 Å². The standard InChI is InChI=1S/C8H9N3O3/c1-2-14-8(12)6-3-4-9-7(11-6)5-10-13/h3-5,13H,2H2,1H3/b10-5+. The Balaban J connectivity index is 2.87. The van der Waals surface area contributed by atoms with Gasteiger partial charge in [0.05, 0.1) is 6.61 Å². The number of rotatable bonds is 3. The van der Waals surface area contributed by atoms with Crippen LogP contribution in [0.2, 0.25) is 0 Å². The first-order valence-corrected chi connectivity index (χ1v) is 3.95. The maximum Gasteiger partial charge on any atom is 0.357 e. The Bertz CT molecular complexity index is 351. The molecular formula is C8H9N3O3. The summed E-state index contributed by atoms with van der Waals surface area (Å²) >= 11 is 0. The summed E-state index contributed by atoms with van der Waals surface area (Å²) in [6.45, 7) is 1.99. The number of aromatic nitrogens is 2. The van der Waals surface area contributed by atoms with Crippen molar-refractivity contribution in [2.75, 3.05) is 6.61 Å². The Labute approximate surface area is 80.2 Å². The fourth-order valence-electron chi connectivity index (χ4n) is 0.806. The van der Waals surface area contributed by atoms with Gasteiger partial charge in [0.1, 0.15) is 6.21 Å². The lowest BCUT2D eigenvalue weighted by atomic mass is 10.4. The smallest absolute Gasteiger partial charge is 0.357 e. The third-order valence-electron chi connectivity index (χ3n) is 1.33. The number of oxime groups is 1. The van der Waals surface area contributed by atoms with E-state index in [1.54, 1.807) is 6.92 Å². The number of esters is 1. The molecule has 1 N–H and O–H groups in total. The van der Waals surface area contributed by atoms with Crippen molar-refractivity contribution in [3.8, 4) is 0 Å². The van der Waals surface area contributed by atoms with E-state index in [1.165, 1.54) is 12.3 Å². The van der Waals surface area contributed by atoms with Crippen molar-refractivity contribution in [2.45, 2.75) is 6.92 Å². The molecule has 6 nitrogen and oxygen atoms in total. The van der Waals surface area contributed by atoms with Crippen LogP contribution in [0.15, 0.2) is 17.4 Å². The summed E-state index contributed by atoms with van der Waals surface area (Å²) < 4.78 is 4.72. The van der Waals surface area contributed by atoms with Crippen LogP contribution in [0, 0.1) is 0 Å². The molecule has 0 unspecified atom stereocenters. The molecular weight excluding hydrogens is 186 g/mol. The molecule has 74 valence electrons. The Morgan fingerprint density at radius 2 is 2.57 bits per heavy atom. The number of carbonyl (C=O) groups is 1. The zero-order valence-corrected chi connectivity index (χ0v) is 7.54. The quantitative estimate of drug-likeness (QED) is 0.328. The maximum absolute atomic E-state index is 11.2. The van der Waals surface area contributed by atoms with Gasteiger partial charge < -0.3 is 9.94 Å². The summed E-state index contributed by atoms with van der Waals surface area (Å²) in [7, 11) is 0. The third-order valence-corrected chi connectivity index (χ3v) is 1.33. The van der Waals surface area contributed by atoms with Crippen molar-refractivity contribution >= 4 is 12.2 Å². The van der Waals surface area contributed by atoms with Crippen LogP contribution < -0.4 is 0 Å². The highest BCUT2D eigenvalue weighted by atomic mass is 16.5. The Kier molecular flexibility index (Phi) is 3.54. The van der Waals surface area contributed by atoms with Gasteiger partial charge in [0.2, 0.25) is 0 Å². The first kappa shape index (κ1) is 10.1. The second-order valence-corrected chi connectivity index (χ2v) is 2.27. The van der Waals surface area contributed by atoms with Crippen molar-refractivity contribution in [1.82, 2.24) is 9.97 Å². The van der Waals surface area contributed by atoms with Gasteiger partial charge in [-0.05, 0) is 13.0 Å². The van der Waals surface area contributed by atoms with E-state index >= 15 is 0 Å². The van der Waals surface area contributed by atoms with Crippen LogP contribution in [0.3, 0.4) is 0 Å². The summed E-state index contributed by atoms with van der Waals surface area (Å²) in [5.41, 5.74) is 0.136. The van der Waals surface area contributed by atoms with Crippen LogP contribution in [-0.4, -0.2) is 34.0 Å². The average molecular weight is 195 g/mol. The minimum absolute atomic E-state index is 0.136. The lowest BCUT2D eigenvalue weighted by Crippen LogP contribution is -2.09. The zero-order valence-electron chi connectivity index (χ0n) is 7.54. The van der Waals surface area contributed by atoms with Crippen molar-refractivity contribution in [3.05, 3.63) is 23.8 Å². The molecule has 0 amide bonds. The molecule has 0 atom stereocenters. The van der Waals surface area contributed by atoms with Crippen LogP contribution in [0.4, 0.5) is 0 Å². The van der Waals surface area contributed by atoms with Crippen LogP contribution in [0.25, 0.3) is 0 Å². The van der Waals surface area contributed by atoms with Gasteiger partial charge in [0, 0.05) is 6.20 Å². The Morgan fingerprint density at radius 3 is 3.21 bits per heavy atom. The molecule has 1 heterocycles. The van der Waals surface area contributed by atoms with Crippen molar-refractivity contribution < 1.29 is 14.7 Å². The molecule has 0 radical (unpaired) electrons. The molecule has 1 aromatic rings. The normalized spacial score (nSPS) is 10.4. The largest absolute Gasteiger partial charge is 0.461 e.